The molecule has 2 atom stereocenters. The summed E-state index contributed by atoms with van der Waals surface area (Å²) >= 11 is 1.26. The van der Waals surface area contributed by atoms with Crippen molar-refractivity contribution >= 4 is 35.2 Å². The van der Waals surface area contributed by atoms with E-state index in [0.29, 0.717) is 0 Å². The number of benzene rings is 1. The Bertz CT molecular complexity index is 773. The average molecular weight is 301 g/mol. The fourth-order valence-corrected chi connectivity index (χ4v) is 3.98. The van der Waals surface area contributed by atoms with Crippen LogP contribution in [0.5, 0.6) is 0 Å². The number of hydrogen-bond acceptors (Lipinski definition) is 6. The number of carbonyl (C=O) groups is 2. The molecule has 2 N–H and O–H groups in total. The fraction of sp³-hybridized carbons (Fsp3) is 0.231. The normalized spacial score (nSPS) is 26.8. The number of rotatable bonds is 0. The Labute approximate surface area is 124 Å². The maximum Gasteiger partial charge on any atom is 0.265 e. The van der Waals surface area contributed by atoms with Crippen molar-refractivity contribution < 1.29 is 9.59 Å². The lowest BCUT2D eigenvalue weighted by Gasteiger charge is -2.27. The zero-order valence-electron chi connectivity index (χ0n) is 11.0. The Kier molecular flexibility index (Phi) is 2.41. The standard InChI is InChI=1S/C13H11N5O2S/c1-7-10(19)18-12(14-6-15-18)17-13(21-7)8-4-2-3-5-9(8)16-11(13)20/h2-7H,1H3,(H,16,20)(H,14,15,17). The summed E-state index contributed by atoms with van der Waals surface area (Å²) < 4.78 is 1.21. The molecule has 0 aliphatic carbocycles. The third-order valence-electron chi connectivity index (χ3n) is 3.62. The SMILES string of the molecule is CC1SC2(Nc3ncnn3C1=O)C(=O)Nc1ccccc12. The zero-order chi connectivity index (χ0) is 14.6. The van der Waals surface area contributed by atoms with Crippen LogP contribution < -0.4 is 10.6 Å². The minimum Gasteiger partial charge on any atom is -0.328 e. The predicted molar refractivity (Wildman–Crippen MR) is 78.1 cm³/mol. The Hall–Kier alpha value is -2.35. The van der Waals surface area contributed by atoms with Gasteiger partial charge in [0.2, 0.25) is 5.95 Å². The van der Waals surface area contributed by atoms with E-state index in [1.165, 1.54) is 22.8 Å². The third-order valence-corrected chi connectivity index (χ3v) is 5.04. The number of aromatic nitrogens is 3. The Morgan fingerprint density at radius 2 is 2.14 bits per heavy atom. The highest BCUT2D eigenvalue weighted by atomic mass is 32.2. The van der Waals surface area contributed by atoms with Crippen molar-refractivity contribution in [2.24, 2.45) is 0 Å². The predicted octanol–water partition coefficient (Wildman–Crippen LogP) is 1.27. The molecule has 2 aliphatic heterocycles. The molecule has 3 heterocycles. The van der Waals surface area contributed by atoms with Crippen LogP contribution in [0.4, 0.5) is 11.6 Å². The number of anilines is 2. The number of nitrogens with zero attached hydrogens (tertiary/aromatic N) is 3. The van der Waals surface area contributed by atoms with E-state index < -0.39 is 10.1 Å². The Morgan fingerprint density at radius 3 is 3.00 bits per heavy atom. The monoisotopic (exact) mass is 301 g/mol. The van der Waals surface area contributed by atoms with E-state index in [2.05, 4.69) is 20.7 Å². The Balaban J connectivity index is 1.93. The zero-order valence-corrected chi connectivity index (χ0v) is 11.8. The smallest absolute Gasteiger partial charge is 0.265 e. The summed E-state index contributed by atoms with van der Waals surface area (Å²) in [5, 5.41) is 9.45. The van der Waals surface area contributed by atoms with Gasteiger partial charge in [0.1, 0.15) is 6.33 Å². The molecule has 1 aromatic heterocycles. The van der Waals surface area contributed by atoms with Crippen LogP contribution in [0.1, 0.15) is 17.3 Å². The van der Waals surface area contributed by atoms with Crippen molar-refractivity contribution in [2.75, 3.05) is 10.6 Å². The van der Waals surface area contributed by atoms with Crippen molar-refractivity contribution in [1.29, 1.82) is 0 Å². The van der Waals surface area contributed by atoms with Crippen LogP contribution in [0, 0.1) is 0 Å². The number of thioether (sulfide) groups is 1. The minimum atomic E-state index is -1.06. The molecule has 0 radical (unpaired) electrons. The van der Waals surface area contributed by atoms with Gasteiger partial charge in [0, 0.05) is 11.3 Å². The van der Waals surface area contributed by atoms with Gasteiger partial charge in [-0.2, -0.15) is 14.8 Å². The van der Waals surface area contributed by atoms with Gasteiger partial charge < -0.3 is 10.6 Å². The molecule has 2 aromatic rings. The topological polar surface area (TPSA) is 88.9 Å². The van der Waals surface area contributed by atoms with Crippen LogP contribution in [0.3, 0.4) is 0 Å². The first-order chi connectivity index (χ1) is 10.1. The van der Waals surface area contributed by atoms with Crippen molar-refractivity contribution in [1.82, 2.24) is 14.8 Å². The molecule has 0 bridgehead atoms. The summed E-state index contributed by atoms with van der Waals surface area (Å²) in [4.78, 5) is 27.9. The summed E-state index contributed by atoms with van der Waals surface area (Å²) in [7, 11) is 0. The summed E-state index contributed by atoms with van der Waals surface area (Å²) in [6.07, 6.45) is 1.30. The second kappa shape index (κ2) is 4.08. The van der Waals surface area contributed by atoms with E-state index in [0.717, 1.165) is 11.3 Å². The van der Waals surface area contributed by atoms with Crippen molar-refractivity contribution in [2.45, 2.75) is 17.0 Å². The highest BCUT2D eigenvalue weighted by molar-refractivity contribution is 8.02. The van der Waals surface area contributed by atoms with Crippen LogP contribution in [-0.2, 0) is 9.67 Å². The lowest BCUT2D eigenvalue weighted by Crippen LogP contribution is -2.40. The molecule has 0 saturated heterocycles. The number of amides is 1. The summed E-state index contributed by atoms with van der Waals surface area (Å²) in [6, 6.07) is 7.44. The van der Waals surface area contributed by atoms with Gasteiger partial charge in [-0.3, -0.25) is 9.59 Å². The summed E-state index contributed by atoms with van der Waals surface area (Å²) in [5.41, 5.74) is 1.55. The van der Waals surface area contributed by atoms with E-state index in [9.17, 15) is 9.59 Å². The number of para-hydroxylation sites is 1. The molecule has 1 spiro atoms. The molecule has 8 heteroatoms. The summed E-state index contributed by atoms with van der Waals surface area (Å²) in [5.74, 6) is -0.123. The molecule has 0 saturated carbocycles. The molecule has 1 amide bonds. The van der Waals surface area contributed by atoms with Crippen LogP contribution >= 0.6 is 11.8 Å². The molecule has 0 fully saturated rings. The van der Waals surface area contributed by atoms with Crippen molar-refractivity contribution in [3.63, 3.8) is 0 Å². The second-order valence-corrected chi connectivity index (χ2v) is 6.45. The first kappa shape index (κ1) is 12.4. The first-order valence-electron chi connectivity index (χ1n) is 6.43. The molecule has 2 aliphatic rings. The number of nitrogens with one attached hydrogen (secondary N) is 2. The van der Waals surface area contributed by atoms with Gasteiger partial charge in [-0.1, -0.05) is 18.2 Å². The highest BCUT2D eigenvalue weighted by Crippen LogP contribution is 2.48. The largest absolute Gasteiger partial charge is 0.328 e. The number of fused-ring (bicyclic) bond motifs is 3. The number of carbonyl (C=O) groups excluding carboxylic acids is 2. The van der Waals surface area contributed by atoms with Gasteiger partial charge >= 0.3 is 0 Å². The maximum atomic E-state index is 12.6. The average Bonchev–Trinajstić information content (AvgIpc) is 3.00. The van der Waals surface area contributed by atoms with Crippen LogP contribution in [0.2, 0.25) is 0 Å². The van der Waals surface area contributed by atoms with E-state index in [4.69, 9.17) is 0 Å². The van der Waals surface area contributed by atoms with Crippen molar-refractivity contribution in [3.05, 3.63) is 36.2 Å². The molecular weight excluding hydrogens is 290 g/mol. The lowest BCUT2D eigenvalue weighted by molar-refractivity contribution is -0.117. The van der Waals surface area contributed by atoms with Gasteiger partial charge in [0.05, 0.1) is 5.25 Å². The molecule has 1 aromatic carbocycles. The minimum absolute atomic E-state index is 0.200. The van der Waals surface area contributed by atoms with Crippen LogP contribution in [-0.4, -0.2) is 31.8 Å². The molecule has 7 nitrogen and oxygen atoms in total. The van der Waals surface area contributed by atoms with Crippen molar-refractivity contribution in [3.8, 4) is 0 Å². The molecular formula is C13H11N5O2S. The van der Waals surface area contributed by atoms with Crippen LogP contribution in [0.15, 0.2) is 30.6 Å². The quantitative estimate of drug-likeness (QED) is 0.762. The Morgan fingerprint density at radius 1 is 1.33 bits per heavy atom. The molecule has 21 heavy (non-hydrogen) atoms. The van der Waals surface area contributed by atoms with Gasteiger partial charge in [0.15, 0.2) is 4.87 Å². The highest BCUT2D eigenvalue weighted by Gasteiger charge is 2.52. The number of hydrogen-bond donors (Lipinski definition) is 2. The molecule has 106 valence electrons. The lowest BCUT2D eigenvalue weighted by atomic mass is 10.1. The van der Waals surface area contributed by atoms with E-state index >= 15 is 0 Å². The third kappa shape index (κ3) is 1.56. The summed E-state index contributed by atoms with van der Waals surface area (Å²) in [6.45, 7) is 1.77. The molecule has 4 rings (SSSR count). The van der Waals surface area contributed by atoms with Gasteiger partial charge in [-0.15, -0.1) is 11.8 Å². The van der Waals surface area contributed by atoms with Gasteiger partial charge in [-0.25, -0.2) is 0 Å². The van der Waals surface area contributed by atoms with Gasteiger partial charge in [-0.05, 0) is 13.0 Å². The fourth-order valence-electron chi connectivity index (χ4n) is 2.64. The molecule has 2 unspecified atom stereocenters. The van der Waals surface area contributed by atoms with E-state index in [1.54, 1.807) is 6.92 Å². The maximum absolute atomic E-state index is 12.6. The van der Waals surface area contributed by atoms with Gasteiger partial charge in [0.25, 0.3) is 11.8 Å². The first-order valence-corrected chi connectivity index (χ1v) is 7.31. The second-order valence-electron chi connectivity index (χ2n) is 4.90. The van der Waals surface area contributed by atoms with E-state index in [1.807, 2.05) is 24.3 Å². The van der Waals surface area contributed by atoms with Crippen LogP contribution in [0.25, 0.3) is 0 Å². The van der Waals surface area contributed by atoms with E-state index in [-0.39, 0.29) is 17.8 Å².